The van der Waals surface area contributed by atoms with E-state index >= 15 is 0 Å². The van der Waals surface area contributed by atoms with Gasteiger partial charge in [0.25, 0.3) is 0 Å². The van der Waals surface area contributed by atoms with Gasteiger partial charge in [0.15, 0.2) is 0 Å². The maximum Gasteiger partial charge on any atom is 0.144 e. The summed E-state index contributed by atoms with van der Waals surface area (Å²) in [6.07, 6.45) is 7.32. The molecule has 0 amide bonds. The van der Waals surface area contributed by atoms with Crippen LogP contribution >= 0.6 is 0 Å². The fraction of sp³-hybridized carbons (Fsp3) is 0.550. The summed E-state index contributed by atoms with van der Waals surface area (Å²) in [4.78, 5) is 12.9. The molecule has 1 saturated carbocycles. The summed E-state index contributed by atoms with van der Waals surface area (Å²) in [6, 6.07) is 6.94. The smallest absolute Gasteiger partial charge is 0.144 e. The molecule has 1 spiro atoms. The minimum Gasteiger partial charge on any atom is -0.299 e. The van der Waals surface area contributed by atoms with E-state index in [2.05, 4.69) is 45.0 Å². The summed E-state index contributed by atoms with van der Waals surface area (Å²) in [5, 5.41) is 0. The summed E-state index contributed by atoms with van der Waals surface area (Å²) in [7, 11) is 0. The molecular formula is C20H24O. The van der Waals surface area contributed by atoms with Crippen molar-refractivity contribution in [1.29, 1.82) is 0 Å². The lowest BCUT2D eigenvalue weighted by Crippen LogP contribution is -2.44. The Morgan fingerprint density at radius 2 is 2.00 bits per heavy atom. The highest BCUT2D eigenvalue weighted by molar-refractivity contribution is 5.94. The van der Waals surface area contributed by atoms with E-state index in [1.807, 2.05) is 0 Å². The lowest BCUT2D eigenvalue weighted by Gasteiger charge is -2.40. The highest BCUT2D eigenvalue weighted by Crippen LogP contribution is 2.57. The number of hydrogen-bond acceptors (Lipinski definition) is 1. The van der Waals surface area contributed by atoms with Crippen LogP contribution in [0.2, 0.25) is 0 Å². The Morgan fingerprint density at radius 1 is 1.19 bits per heavy atom. The number of fused-ring (bicyclic) bond motifs is 5. The predicted molar refractivity (Wildman–Crippen MR) is 85.6 cm³/mol. The first-order valence-corrected chi connectivity index (χ1v) is 8.26. The number of Topliss-reactive ketones (excluding diaryl/α,β-unsaturated/α-hetero) is 1. The topological polar surface area (TPSA) is 17.1 Å². The van der Waals surface area contributed by atoms with Crippen molar-refractivity contribution in [2.24, 2.45) is 5.92 Å². The van der Waals surface area contributed by atoms with Gasteiger partial charge < -0.3 is 0 Å². The summed E-state index contributed by atoms with van der Waals surface area (Å²) in [6.45, 7) is 6.78. The van der Waals surface area contributed by atoms with Gasteiger partial charge in [0, 0.05) is 6.42 Å². The van der Waals surface area contributed by atoms with E-state index in [0.717, 1.165) is 32.1 Å². The Bertz CT molecular complexity index is 659. The fourth-order valence-corrected chi connectivity index (χ4v) is 4.75. The van der Waals surface area contributed by atoms with Crippen LogP contribution in [0.3, 0.4) is 0 Å². The van der Waals surface area contributed by atoms with Crippen LogP contribution in [-0.4, -0.2) is 5.78 Å². The summed E-state index contributed by atoms with van der Waals surface area (Å²) >= 11 is 0. The molecule has 0 radical (unpaired) electrons. The van der Waals surface area contributed by atoms with Crippen molar-refractivity contribution in [3.05, 3.63) is 46.5 Å². The molecule has 1 nitrogen and oxygen atoms in total. The number of hydrogen-bond donors (Lipinski definition) is 0. The van der Waals surface area contributed by atoms with Gasteiger partial charge >= 0.3 is 0 Å². The molecule has 2 atom stereocenters. The summed E-state index contributed by atoms with van der Waals surface area (Å²) < 4.78 is 0. The first kappa shape index (κ1) is 13.3. The highest BCUT2D eigenvalue weighted by atomic mass is 16.1. The van der Waals surface area contributed by atoms with E-state index in [4.69, 9.17) is 0 Å². The Hall–Kier alpha value is -1.37. The molecule has 21 heavy (non-hydrogen) atoms. The number of carbonyl (C=O) groups excluding carboxylic acids is 1. The first-order chi connectivity index (χ1) is 9.91. The van der Waals surface area contributed by atoms with E-state index in [1.165, 1.54) is 22.3 Å². The molecule has 3 aliphatic rings. The summed E-state index contributed by atoms with van der Waals surface area (Å²) in [5.41, 5.74) is 5.68. The van der Waals surface area contributed by atoms with Crippen LogP contribution in [0, 0.1) is 5.92 Å². The molecule has 110 valence electrons. The number of rotatable bonds is 0. The van der Waals surface area contributed by atoms with Gasteiger partial charge in [0.05, 0.1) is 5.41 Å². The molecule has 3 aliphatic carbocycles. The molecule has 0 aromatic heterocycles. The molecule has 2 bridgehead atoms. The minimum atomic E-state index is -0.168. The molecule has 0 heterocycles. The number of ketones is 1. The SMILES string of the molecule is CC(C)(C)c1ccc2c(c1)C1(CC3=CCC1C3)C(=O)CC2. The van der Waals surface area contributed by atoms with Gasteiger partial charge in [-0.2, -0.15) is 0 Å². The highest BCUT2D eigenvalue weighted by Gasteiger charge is 2.55. The second kappa shape index (κ2) is 4.09. The molecule has 4 rings (SSSR count). The van der Waals surface area contributed by atoms with Crippen LogP contribution in [0.15, 0.2) is 29.8 Å². The van der Waals surface area contributed by atoms with Crippen LogP contribution in [0.1, 0.15) is 63.1 Å². The molecule has 0 aliphatic heterocycles. The van der Waals surface area contributed by atoms with Crippen LogP contribution in [-0.2, 0) is 22.0 Å². The monoisotopic (exact) mass is 280 g/mol. The average Bonchev–Trinajstić information content (AvgIpc) is 3.03. The molecule has 1 aromatic rings. The number of aryl methyl sites for hydroxylation is 1. The first-order valence-electron chi connectivity index (χ1n) is 8.26. The predicted octanol–water partition coefficient (Wildman–Crippen LogP) is 4.48. The molecule has 1 aromatic carbocycles. The second-order valence-electron chi connectivity index (χ2n) is 8.19. The van der Waals surface area contributed by atoms with Gasteiger partial charge in [-0.05, 0) is 53.7 Å². The quantitative estimate of drug-likeness (QED) is 0.640. The van der Waals surface area contributed by atoms with Crippen molar-refractivity contribution >= 4 is 5.78 Å². The molecule has 1 fully saturated rings. The molecular weight excluding hydrogens is 256 g/mol. The fourth-order valence-electron chi connectivity index (χ4n) is 4.75. The zero-order valence-corrected chi connectivity index (χ0v) is 13.3. The largest absolute Gasteiger partial charge is 0.299 e. The molecule has 0 saturated heterocycles. The van der Waals surface area contributed by atoms with Crippen molar-refractivity contribution in [1.82, 2.24) is 0 Å². The zero-order chi connectivity index (χ0) is 14.8. The third-order valence-electron chi connectivity index (χ3n) is 5.98. The molecule has 1 heteroatoms. The Labute approximate surface area is 127 Å². The van der Waals surface area contributed by atoms with Crippen LogP contribution in [0.4, 0.5) is 0 Å². The normalized spacial score (nSPS) is 30.7. The third kappa shape index (κ3) is 1.73. The van der Waals surface area contributed by atoms with Gasteiger partial charge in [-0.1, -0.05) is 50.6 Å². The van der Waals surface area contributed by atoms with E-state index in [-0.39, 0.29) is 10.8 Å². The average molecular weight is 280 g/mol. The third-order valence-corrected chi connectivity index (χ3v) is 5.98. The van der Waals surface area contributed by atoms with Crippen molar-refractivity contribution in [3.63, 3.8) is 0 Å². The van der Waals surface area contributed by atoms with E-state index in [1.54, 1.807) is 0 Å². The van der Waals surface area contributed by atoms with Crippen LogP contribution in [0.5, 0.6) is 0 Å². The van der Waals surface area contributed by atoms with Gasteiger partial charge in [-0.25, -0.2) is 0 Å². The summed E-state index contributed by atoms with van der Waals surface area (Å²) in [5.74, 6) is 1.04. The van der Waals surface area contributed by atoms with Crippen molar-refractivity contribution < 1.29 is 4.79 Å². The Balaban J connectivity index is 1.92. The van der Waals surface area contributed by atoms with Crippen LogP contribution < -0.4 is 0 Å². The molecule has 2 unspecified atom stereocenters. The maximum absolute atomic E-state index is 12.9. The zero-order valence-electron chi connectivity index (χ0n) is 13.3. The Kier molecular flexibility index (Phi) is 2.59. The van der Waals surface area contributed by atoms with Gasteiger partial charge in [0.1, 0.15) is 5.78 Å². The van der Waals surface area contributed by atoms with Gasteiger partial charge in [-0.3, -0.25) is 4.79 Å². The number of carbonyl (C=O) groups is 1. The van der Waals surface area contributed by atoms with Crippen LogP contribution in [0.25, 0.3) is 0 Å². The van der Waals surface area contributed by atoms with E-state index in [0.29, 0.717) is 11.7 Å². The van der Waals surface area contributed by atoms with Gasteiger partial charge in [0.2, 0.25) is 0 Å². The maximum atomic E-state index is 12.9. The van der Waals surface area contributed by atoms with Gasteiger partial charge in [-0.15, -0.1) is 0 Å². The Morgan fingerprint density at radius 3 is 2.62 bits per heavy atom. The van der Waals surface area contributed by atoms with E-state index in [9.17, 15) is 4.79 Å². The van der Waals surface area contributed by atoms with Crippen molar-refractivity contribution in [2.75, 3.05) is 0 Å². The van der Waals surface area contributed by atoms with Crippen molar-refractivity contribution in [3.8, 4) is 0 Å². The number of allylic oxidation sites excluding steroid dienone is 2. The lowest BCUT2D eigenvalue weighted by atomic mass is 9.61. The second-order valence-corrected chi connectivity index (χ2v) is 8.19. The van der Waals surface area contributed by atoms with E-state index < -0.39 is 0 Å². The minimum absolute atomic E-state index is 0.146. The standard InChI is InChI=1S/C20H24O/c1-19(2,3)15-8-5-14-6-9-18(21)20(17(14)11-15)12-13-4-7-16(20)10-13/h4-5,8,11,16H,6-7,9-10,12H2,1-3H3. The van der Waals surface area contributed by atoms with Crippen molar-refractivity contribution in [2.45, 2.75) is 63.7 Å². The molecule has 0 N–H and O–H groups in total. The number of benzene rings is 1. The lowest BCUT2D eigenvalue weighted by molar-refractivity contribution is -0.126.